The van der Waals surface area contributed by atoms with Crippen LogP contribution in [0, 0.1) is 13.8 Å². The van der Waals surface area contributed by atoms with E-state index < -0.39 is 0 Å². The third kappa shape index (κ3) is 2.95. The number of nitrogens with one attached hydrogen (secondary N) is 1. The lowest BCUT2D eigenvalue weighted by atomic mass is 10.1. The monoisotopic (exact) mass is 269 g/mol. The average Bonchev–Trinajstić information content (AvgIpc) is 2.78. The van der Waals surface area contributed by atoms with E-state index in [0.717, 1.165) is 6.54 Å². The van der Waals surface area contributed by atoms with Gasteiger partial charge in [0.2, 0.25) is 0 Å². The lowest BCUT2D eigenvalue weighted by Gasteiger charge is -2.12. The van der Waals surface area contributed by atoms with Crippen LogP contribution in [0.1, 0.15) is 16.7 Å². The van der Waals surface area contributed by atoms with Gasteiger partial charge in [0, 0.05) is 22.4 Å². The molecule has 0 saturated carbocycles. The van der Waals surface area contributed by atoms with Crippen molar-refractivity contribution >= 4 is 17.4 Å². The Bertz CT molecular complexity index is 546. The molecule has 0 spiro atoms. The van der Waals surface area contributed by atoms with Gasteiger partial charge in [0.05, 0.1) is 0 Å². The lowest BCUT2D eigenvalue weighted by molar-refractivity contribution is 0.899. The van der Waals surface area contributed by atoms with Crippen molar-refractivity contribution < 1.29 is 0 Å². The second-order valence-corrected chi connectivity index (χ2v) is 6.65. The average molecular weight is 269 g/mol. The maximum Gasteiger partial charge on any atom is 0.0345 e. The van der Waals surface area contributed by atoms with Crippen LogP contribution < -0.4 is 5.32 Å². The van der Waals surface area contributed by atoms with Crippen LogP contribution in [-0.4, -0.2) is 11.8 Å². The van der Waals surface area contributed by atoms with Gasteiger partial charge < -0.3 is 5.32 Å². The molecular weight excluding hydrogens is 250 g/mol. The first-order chi connectivity index (χ1) is 9.20. The van der Waals surface area contributed by atoms with Crippen molar-refractivity contribution in [1.29, 1.82) is 0 Å². The van der Waals surface area contributed by atoms with Crippen LogP contribution >= 0.6 is 11.8 Å². The minimum absolute atomic E-state index is 0.651. The maximum absolute atomic E-state index is 3.58. The first kappa shape index (κ1) is 12.6. The molecule has 1 N–H and O–H groups in total. The zero-order chi connectivity index (χ0) is 13.2. The van der Waals surface area contributed by atoms with E-state index in [-0.39, 0.29) is 0 Å². The summed E-state index contributed by atoms with van der Waals surface area (Å²) >= 11 is 2.00. The summed E-state index contributed by atoms with van der Waals surface area (Å²) in [4.78, 5) is 1.45. The summed E-state index contributed by atoms with van der Waals surface area (Å²) in [6.45, 7) is 5.33. The molecule has 2 aromatic rings. The van der Waals surface area contributed by atoms with E-state index in [2.05, 4.69) is 61.6 Å². The van der Waals surface area contributed by atoms with E-state index in [4.69, 9.17) is 0 Å². The number of hydrogen-bond donors (Lipinski definition) is 1. The standard InChI is InChI=1S/C17H19NS/c1-12-7-13(2)9-15(8-12)18-11-16-10-14-5-3-4-6-17(14)19-16/h3-9,16,18H,10-11H2,1-2H3. The van der Waals surface area contributed by atoms with Crippen LogP contribution in [0.5, 0.6) is 0 Å². The van der Waals surface area contributed by atoms with E-state index in [1.165, 1.54) is 33.7 Å². The highest BCUT2D eigenvalue weighted by atomic mass is 32.2. The van der Waals surface area contributed by atoms with Gasteiger partial charge >= 0.3 is 0 Å². The van der Waals surface area contributed by atoms with Crippen molar-refractivity contribution in [1.82, 2.24) is 0 Å². The predicted molar refractivity (Wildman–Crippen MR) is 84.2 cm³/mol. The third-order valence-corrected chi connectivity index (χ3v) is 4.79. The largest absolute Gasteiger partial charge is 0.384 e. The van der Waals surface area contributed by atoms with Crippen molar-refractivity contribution in [3.63, 3.8) is 0 Å². The highest BCUT2D eigenvalue weighted by Gasteiger charge is 2.21. The van der Waals surface area contributed by atoms with E-state index >= 15 is 0 Å². The van der Waals surface area contributed by atoms with Gasteiger partial charge in [-0.1, -0.05) is 24.3 Å². The molecule has 0 aliphatic carbocycles. The van der Waals surface area contributed by atoms with Gasteiger partial charge in [0.1, 0.15) is 0 Å². The number of rotatable bonds is 3. The number of fused-ring (bicyclic) bond motifs is 1. The van der Waals surface area contributed by atoms with Gasteiger partial charge in [-0.3, -0.25) is 0 Å². The molecule has 1 aliphatic heterocycles. The summed E-state index contributed by atoms with van der Waals surface area (Å²) in [5.74, 6) is 0. The minimum atomic E-state index is 0.651. The van der Waals surface area contributed by atoms with Gasteiger partial charge in [-0.15, -0.1) is 11.8 Å². The quantitative estimate of drug-likeness (QED) is 0.884. The van der Waals surface area contributed by atoms with E-state index in [1.54, 1.807) is 0 Å². The number of aryl methyl sites for hydroxylation is 2. The Balaban J connectivity index is 1.62. The summed E-state index contributed by atoms with van der Waals surface area (Å²) in [6, 6.07) is 15.4. The van der Waals surface area contributed by atoms with Gasteiger partial charge in [0.25, 0.3) is 0 Å². The van der Waals surface area contributed by atoms with Crippen molar-refractivity contribution in [2.75, 3.05) is 11.9 Å². The first-order valence-electron chi connectivity index (χ1n) is 6.77. The van der Waals surface area contributed by atoms with Gasteiger partial charge in [-0.05, 0) is 55.2 Å². The Morgan fingerprint density at radius 1 is 1.11 bits per heavy atom. The van der Waals surface area contributed by atoms with Crippen LogP contribution in [0.25, 0.3) is 0 Å². The molecule has 1 aliphatic rings. The van der Waals surface area contributed by atoms with Crippen LogP contribution in [0.3, 0.4) is 0 Å². The molecule has 1 atom stereocenters. The Morgan fingerprint density at radius 3 is 2.58 bits per heavy atom. The van der Waals surface area contributed by atoms with Crippen LogP contribution in [-0.2, 0) is 6.42 Å². The number of anilines is 1. The number of thioether (sulfide) groups is 1. The molecule has 0 amide bonds. The minimum Gasteiger partial charge on any atom is -0.384 e. The Hall–Kier alpha value is -1.41. The third-order valence-electron chi connectivity index (χ3n) is 3.47. The topological polar surface area (TPSA) is 12.0 Å². The fourth-order valence-corrected chi connectivity index (χ4v) is 3.92. The van der Waals surface area contributed by atoms with Crippen molar-refractivity contribution in [3.8, 4) is 0 Å². The molecule has 0 aromatic heterocycles. The van der Waals surface area contributed by atoms with Crippen molar-refractivity contribution in [2.45, 2.75) is 30.4 Å². The van der Waals surface area contributed by atoms with Crippen LogP contribution in [0.15, 0.2) is 47.4 Å². The maximum atomic E-state index is 3.58. The number of benzene rings is 2. The zero-order valence-corrected chi connectivity index (χ0v) is 12.3. The Morgan fingerprint density at radius 2 is 1.84 bits per heavy atom. The molecule has 19 heavy (non-hydrogen) atoms. The molecule has 2 aromatic carbocycles. The summed E-state index contributed by atoms with van der Waals surface area (Å²) in [5.41, 5.74) is 5.39. The molecule has 1 unspecified atom stereocenters. The Kier molecular flexibility index (Phi) is 3.52. The van der Waals surface area contributed by atoms with E-state index in [0.29, 0.717) is 5.25 Å². The fourth-order valence-electron chi connectivity index (χ4n) is 2.68. The van der Waals surface area contributed by atoms with E-state index in [9.17, 15) is 0 Å². The molecule has 2 heteroatoms. The molecule has 0 bridgehead atoms. The highest BCUT2D eigenvalue weighted by Crippen LogP contribution is 2.36. The predicted octanol–water partition coefficient (Wildman–Crippen LogP) is 4.43. The molecule has 0 saturated heterocycles. The first-order valence-corrected chi connectivity index (χ1v) is 7.65. The molecule has 0 fully saturated rings. The molecule has 1 heterocycles. The molecule has 1 nitrogen and oxygen atoms in total. The second-order valence-electron chi connectivity index (χ2n) is 5.31. The van der Waals surface area contributed by atoms with Crippen LogP contribution in [0.2, 0.25) is 0 Å². The summed E-state index contributed by atoms with van der Waals surface area (Å²) < 4.78 is 0. The normalized spacial score (nSPS) is 17.3. The fraction of sp³-hybridized carbons (Fsp3) is 0.294. The Labute approximate surface area is 119 Å². The van der Waals surface area contributed by atoms with Gasteiger partial charge in [-0.25, -0.2) is 0 Å². The summed E-state index contributed by atoms with van der Waals surface area (Å²) in [6.07, 6.45) is 1.18. The number of hydrogen-bond acceptors (Lipinski definition) is 2. The lowest BCUT2D eigenvalue weighted by Crippen LogP contribution is -2.15. The molecule has 0 radical (unpaired) electrons. The highest BCUT2D eigenvalue weighted by molar-refractivity contribution is 8.00. The zero-order valence-electron chi connectivity index (χ0n) is 11.4. The van der Waals surface area contributed by atoms with Crippen molar-refractivity contribution in [2.24, 2.45) is 0 Å². The SMILES string of the molecule is Cc1cc(C)cc(NCC2Cc3ccccc3S2)c1. The van der Waals surface area contributed by atoms with Crippen molar-refractivity contribution in [3.05, 3.63) is 59.2 Å². The molecule has 98 valence electrons. The smallest absolute Gasteiger partial charge is 0.0345 e. The summed E-state index contributed by atoms with van der Waals surface area (Å²) in [7, 11) is 0. The van der Waals surface area contributed by atoms with Gasteiger partial charge in [0.15, 0.2) is 0 Å². The van der Waals surface area contributed by atoms with Gasteiger partial charge in [-0.2, -0.15) is 0 Å². The van der Waals surface area contributed by atoms with E-state index in [1.807, 2.05) is 11.8 Å². The van der Waals surface area contributed by atoms with Crippen LogP contribution in [0.4, 0.5) is 5.69 Å². The second kappa shape index (κ2) is 5.30. The molecule has 3 rings (SSSR count). The summed E-state index contributed by atoms with van der Waals surface area (Å²) in [5, 5.41) is 4.23. The molecular formula is C17H19NS.